The third-order valence-electron chi connectivity index (χ3n) is 4.30. The molecule has 28 heavy (non-hydrogen) atoms. The Morgan fingerprint density at radius 3 is 2.29 bits per heavy atom. The van der Waals surface area contributed by atoms with Crippen molar-refractivity contribution in [3.05, 3.63) is 48.2 Å². The number of carbonyl (C=O) groups is 3. The Morgan fingerprint density at radius 1 is 1.07 bits per heavy atom. The molecule has 2 rings (SSSR count). The predicted octanol–water partition coefficient (Wildman–Crippen LogP) is 3.85. The first-order valence-electron chi connectivity index (χ1n) is 9.30. The molecule has 0 saturated carbocycles. The Balaban J connectivity index is 1.82. The van der Waals surface area contributed by atoms with Crippen molar-refractivity contribution in [1.29, 1.82) is 0 Å². The van der Waals surface area contributed by atoms with Crippen molar-refractivity contribution in [3.63, 3.8) is 0 Å². The maximum Gasteiger partial charge on any atom is 0.330 e. The summed E-state index contributed by atoms with van der Waals surface area (Å²) >= 11 is 0. The van der Waals surface area contributed by atoms with Crippen LogP contribution in [-0.4, -0.2) is 29.1 Å². The van der Waals surface area contributed by atoms with Gasteiger partial charge in [-0.05, 0) is 42.5 Å². The van der Waals surface area contributed by atoms with Crippen LogP contribution in [0.15, 0.2) is 42.6 Å². The molecule has 0 fully saturated rings. The summed E-state index contributed by atoms with van der Waals surface area (Å²) in [6, 6.07) is 11.0. The van der Waals surface area contributed by atoms with Crippen LogP contribution in [0.1, 0.15) is 46.1 Å². The molecule has 0 spiro atoms. The van der Waals surface area contributed by atoms with E-state index < -0.39 is 23.5 Å². The summed E-state index contributed by atoms with van der Waals surface area (Å²) in [5.41, 5.74) is 1.28. The van der Waals surface area contributed by atoms with E-state index in [0.717, 1.165) is 5.75 Å². The lowest BCUT2D eigenvalue weighted by molar-refractivity contribution is -0.148. The summed E-state index contributed by atoms with van der Waals surface area (Å²) in [5.74, 6) is -2.34. The quantitative estimate of drug-likeness (QED) is 0.403. The molecule has 150 valence electrons. The van der Waals surface area contributed by atoms with Crippen molar-refractivity contribution in [3.8, 4) is 11.6 Å². The monoisotopic (exact) mass is 385 g/mol. The molecule has 0 aliphatic rings. The number of Topliss-reactive ketones (excluding diaryl/α,β-unsaturated/α-hetero) is 2. The van der Waals surface area contributed by atoms with Crippen LogP contribution in [0.4, 0.5) is 0 Å². The largest absolute Gasteiger partial charge is 0.494 e. The topological polar surface area (TPSA) is 85.5 Å². The van der Waals surface area contributed by atoms with Crippen molar-refractivity contribution in [2.75, 3.05) is 6.61 Å². The van der Waals surface area contributed by atoms with E-state index in [4.69, 9.17) is 9.47 Å². The minimum atomic E-state index is -1.41. The zero-order chi connectivity index (χ0) is 20.7. The van der Waals surface area contributed by atoms with Crippen LogP contribution in [0.25, 0.3) is 0 Å². The second-order valence-corrected chi connectivity index (χ2v) is 7.69. The summed E-state index contributed by atoms with van der Waals surface area (Å²) in [6.45, 7) is 7.95. The average molecular weight is 385 g/mol. The second kappa shape index (κ2) is 9.35. The Kier molecular flexibility index (Phi) is 7.15. The summed E-state index contributed by atoms with van der Waals surface area (Å²) < 4.78 is 10.7. The fourth-order valence-electron chi connectivity index (χ4n) is 2.70. The molecule has 1 aromatic carbocycles. The molecule has 0 saturated heterocycles. The van der Waals surface area contributed by atoms with E-state index >= 15 is 0 Å². The highest BCUT2D eigenvalue weighted by Gasteiger charge is 2.32. The van der Waals surface area contributed by atoms with Gasteiger partial charge in [0.25, 0.3) is 0 Å². The Hall–Kier alpha value is -2.89. The van der Waals surface area contributed by atoms with Crippen LogP contribution < -0.4 is 9.47 Å². The van der Waals surface area contributed by atoms with E-state index in [1.807, 2.05) is 24.3 Å². The van der Waals surface area contributed by atoms with Crippen molar-refractivity contribution in [2.24, 2.45) is 5.92 Å². The van der Waals surface area contributed by atoms with Crippen LogP contribution in [-0.2, 0) is 19.8 Å². The fraction of sp³-hybridized carbons (Fsp3) is 0.409. The zero-order valence-electron chi connectivity index (χ0n) is 16.8. The molecule has 1 N–H and O–H groups in total. The molecule has 6 heteroatoms. The van der Waals surface area contributed by atoms with Gasteiger partial charge in [-0.3, -0.25) is 14.4 Å². The van der Waals surface area contributed by atoms with Gasteiger partial charge in [0.1, 0.15) is 5.75 Å². The number of carbonyl (C=O) groups excluding carboxylic acids is 3. The minimum Gasteiger partial charge on any atom is -0.494 e. The van der Waals surface area contributed by atoms with Gasteiger partial charge in [0, 0.05) is 18.7 Å². The summed E-state index contributed by atoms with van der Waals surface area (Å²) in [4.78, 5) is 38.9. The van der Waals surface area contributed by atoms with Gasteiger partial charge in [-0.2, -0.15) is 0 Å². The number of ketones is 2. The molecule has 0 amide bonds. The molecule has 2 aromatic rings. The highest BCUT2D eigenvalue weighted by atomic mass is 16.5. The summed E-state index contributed by atoms with van der Waals surface area (Å²) in [6.07, 6.45) is 2.04. The molecule has 6 nitrogen and oxygen atoms in total. The summed E-state index contributed by atoms with van der Waals surface area (Å²) in [7, 11) is 0. The maximum absolute atomic E-state index is 12.3. The summed E-state index contributed by atoms with van der Waals surface area (Å²) in [5, 5.41) is 0. The number of aromatic amines is 1. The lowest BCUT2D eigenvalue weighted by Crippen LogP contribution is -2.34. The predicted molar refractivity (Wildman–Crippen MR) is 105 cm³/mol. The second-order valence-electron chi connectivity index (χ2n) is 7.69. The van der Waals surface area contributed by atoms with Crippen molar-refractivity contribution >= 4 is 17.5 Å². The first kappa shape index (κ1) is 21.4. The molecular formula is C22H27NO5. The number of rotatable bonds is 9. The number of esters is 1. The maximum atomic E-state index is 12.3. The minimum absolute atomic E-state index is 0.0597. The number of hydrogen-bond donors (Lipinski definition) is 1. The lowest BCUT2D eigenvalue weighted by atomic mass is 9.87. The fourth-order valence-corrected chi connectivity index (χ4v) is 2.70. The van der Waals surface area contributed by atoms with Crippen molar-refractivity contribution in [2.45, 2.75) is 46.0 Å². The van der Waals surface area contributed by atoms with Gasteiger partial charge >= 0.3 is 5.97 Å². The third kappa shape index (κ3) is 6.08. The van der Waals surface area contributed by atoms with Gasteiger partial charge in [-0.1, -0.05) is 32.9 Å². The number of aromatic nitrogens is 1. The average Bonchev–Trinajstić information content (AvgIpc) is 3.11. The van der Waals surface area contributed by atoms with Gasteiger partial charge < -0.3 is 14.5 Å². The molecule has 1 unspecified atom stereocenters. The number of H-pyrrole nitrogens is 1. The Bertz CT molecular complexity index is 800. The third-order valence-corrected chi connectivity index (χ3v) is 4.30. The van der Waals surface area contributed by atoms with E-state index in [2.05, 4.69) is 25.8 Å². The van der Waals surface area contributed by atoms with Crippen molar-refractivity contribution in [1.82, 2.24) is 4.98 Å². The number of benzene rings is 1. The normalized spacial score (nSPS) is 12.3. The first-order valence-corrected chi connectivity index (χ1v) is 9.30. The SMILES string of the molecule is CC(=O)C(C(=O)CCCOc1ccc(C(C)(C)C)cc1)C(=O)Oc1ccc[nH]1. The zero-order valence-corrected chi connectivity index (χ0v) is 16.8. The Labute approximate surface area is 165 Å². The van der Waals surface area contributed by atoms with Crippen LogP contribution in [0, 0.1) is 5.92 Å². The molecular weight excluding hydrogens is 358 g/mol. The van der Waals surface area contributed by atoms with Gasteiger partial charge in [0.2, 0.25) is 5.88 Å². The van der Waals surface area contributed by atoms with Gasteiger partial charge in [-0.15, -0.1) is 0 Å². The molecule has 0 aliphatic heterocycles. The molecule has 1 atom stereocenters. The number of ether oxygens (including phenoxy) is 2. The van der Waals surface area contributed by atoms with Crippen LogP contribution in [0.5, 0.6) is 11.6 Å². The van der Waals surface area contributed by atoms with E-state index in [0.29, 0.717) is 13.0 Å². The highest BCUT2D eigenvalue weighted by Crippen LogP contribution is 2.24. The van der Waals surface area contributed by atoms with Crippen LogP contribution in [0.2, 0.25) is 0 Å². The van der Waals surface area contributed by atoms with Crippen LogP contribution in [0.3, 0.4) is 0 Å². The first-order chi connectivity index (χ1) is 13.2. The molecule has 0 aliphatic carbocycles. The number of nitrogens with one attached hydrogen (secondary N) is 1. The van der Waals surface area contributed by atoms with E-state index in [1.54, 1.807) is 18.3 Å². The van der Waals surface area contributed by atoms with E-state index in [9.17, 15) is 14.4 Å². The van der Waals surface area contributed by atoms with Crippen molar-refractivity contribution < 1.29 is 23.9 Å². The smallest absolute Gasteiger partial charge is 0.330 e. The standard InChI is InChI=1S/C22H27NO5/c1-15(24)20(21(26)28-19-8-5-13-23-19)18(25)7-6-14-27-17-11-9-16(10-12-17)22(2,3)4/h5,8-13,20,23H,6-7,14H2,1-4H3. The molecule has 1 heterocycles. The van der Waals surface area contributed by atoms with Gasteiger partial charge in [0.05, 0.1) is 6.61 Å². The van der Waals surface area contributed by atoms with Gasteiger partial charge in [-0.25, -0.2) is 0 Å². The number of hydrogen-bond acceptors (Lipinski definition) is 5. The van der Waals surface area contributed by atoms with Crippen LogP contribution >= 0.6 is 0 Å². The van der Waals surface area contributed by atoms with E-state index in [-0.39, 0.29) is 17.7 Å². The molecule has 0 bridgehead atoms. The highest BCUT2D eigenvalue weighted by molar-refractivity contribution is 6.16. The van der Waals surface area contributed by atoms with Gasteiger partial charge in [0.15, 0.2) is 17.5 Å². The van der Waals surface area contributed by atoms with E-state index in [1.165, 1.54) is 12.5 Å². The molecule has 0 radical (unpaired) electrons. The molecule has 1 aromatic heterocycles. The Morgan fingerprint density at radius 2 is 1.75 bits per heavy atom. The lowest BCUT2D eigenvalue weighted by Gasteiger charge is -2.19.